The van der Waals surface area contributed by atoms with E-state index in [1.54, 1.807) is 0 Å². The molecule has 0 bridgehead atoms. The molecule has 0 spiro atoms. The Balaban J connectivity index is 2.13. The fraction of sp³-hybridized carbons (Fsp3) is 0.500. The summed E-state index contributed by atoms with van der Waals surface area (Å²) in [6.07, 6.45) is -4.70. The van der Waals surface area contributed by atoms with Crippen LogP contribution >= 0.6 is 0 Å². The van der Waals surface area contributed by atoms with Crippen LogP contribution in [-0.4, -0.2) is 23.8 Å². The maximum absolute atomic E-state index is 12.7. The van der Waals surface area contributed by atoms with Crippen LogP contribution in [0, 0.1) is 0 Å². The predicted octanol–water partition coefficient (Wildman–Crippen LogP) is 3.16. The molecule has 0 saturated carbocycles. The third kappa shape index (κ3) is 3.74. The number of rotatable bonds is 4. The topological polar surface area (TPSA) is 55.8 Å². The van der Waals surface area contributed by atoms with E-state index >= 15 is 0 Å². The van der Waals surface area contributed by atoms with Crippen molar-refractivity contribution in [2.45, 2.75) is 37.8 Å². The Morgan fingerprint density at radius 2 is 2.19 bits per heavy atom. The molecule has 0 aliphatic carbocycles. The van der Waals surface area contributed by atoms with Gasteiger partial charge in [-0.05, 0) is 25.5 Å². The van der Waals surface area contributed by atoms with Gasteiger partial charge < -0.3 is 14.6 Å². The highest BCUT2D eigenvalue weighted by atomic mass is 19.4. The van der Waals surface area contributed by atoms with Crippen LogP contribution in [0.15, 0.2) is 24.3 Å². The van der Waals surface area contributed by atoms with Gasteiger partial charge in [0.1, 0.15) is 0 Å². The number of hydrogen-bond donors (Lipinski definition) is 1. The van der Waals surface area contributed by atoms with Gasteiger partial charge in [0, 0.05) is 12.0 Å². The summed E-state index contributed by atoms with van der Waals surface area (Å²) in [7, 11) is 0. The zero-order valence-corrected chi connectivity index (χ0v) is 11.3. The minimum atomic E-state index is -4.44. The highest BCUT2D eigenvalue weighted by Crippen LogP contribution is 2.38. The maximum atomic E-state index is 12.7. The van der Waals surface area contributed by atoms with Crippen molar-refractivity contribution < 1.29 is 32.5 Å². The second kappa shape index (κ2) is 5.65. The van der Waals surface area contributed by atoms with Gasteiger partial charge in [0.2, 0.25) is 0 Å². The zero-order valence-electron chi connectivity index (χ0n) is 11.3. The molecule has 7 heteroatoms. The molecule has 2 unspecified atom stereocenters. The number of alkyl halides is 3. The molecule has 2 rings (SSSR count). The van der Waals surface area contributed by atoms with Crippen molar-refractivity contribution in [2.24, 2.45) is 0 Å². The first kappa shape index (κ1) is 15.8. The minimum Gasteiger partial charge on any atom is -0.481 e. The molecule has 1 fully saturated rings. The summed E-state index contributed by atoms with van der Waals surface area (Å²) in [6.45, 7) is 1.68. The molecule has 116 valence electrons. The lowest BCUT2D eigenvalue weighted by molar-refractivity contribution is -0.164. The summed E-state index contributed by atoms with van der Waals surface area (Å²) in [5, 5.41) is 8.63. The molecular weight excluding hydrogens is 289 g/mol. The summed E-state index contributed by atoms with van der Waals surface area (Å²) >= 11 is 0. The average Bonchev–Trinajstić information content (AvgIpc) is 2.79. The van der Waals surface area contributed by atoms with Crippen molar-refractivity contribution >= 4 is 5.97 Å². The monoisotopic (exact) mass is 304 g/mol. The zero-order chi connectivity index (χ0) is 15.7. The van der Waals surface area contributed by atoms with Crippen LogP contribution in [0.25, 0.3) is 0 Å². The van der Waals surface area contributed by atoms with E-state index in [9.17, 15) is 18.0 Å². The van der Waals surface area contributed by atoms with Gasteiger partial charge in [-0.1, -0.05) is 12.1 Å². The van der Waals surface area contributed by atoms with Gasteiger partial charge in [-0.2, -0.15) is 13.2 Å². The quantitative estimate of drug-likeness (QED) is 0.928. The Bertz CT molecular complexity index is 529. The predicted molar refractivity (Wildman–Crippen MR) is 66.5 cm³/mol. The van der Waals surface area contributed by atoms with Crippen LogP contribution in [0.4, 0.5) is 13.2 Å². The number of hydrogen-bond acceptors (Lipinski definition) is 3. The highest BCUT2D eigenvalue weighted by molar-refractivity contribution is 5.66. The Morgan fingerprint density at radius 1 is 1.48 bits per heavy atom. The Morgan fingerprint density at radius 3 is 2.81 bits per heavy atom. The normalized spacial score (nSPS) is 26.0. The molecular formula is C14H15F3O4. The second-order valence-electron chi connectivity index (χ2n) is 5.01. The smallest absolute Gasteiger partial charge is 0.416 e. The summed E-state index contributed by atoms with van der Waals surface area (Å²) < 4.78 is 49.2. The molecule has 1 N–H and O–H groups in total. The van der Waals surface area contributed by atoms with Gasteiger partial charge in [0.05, 0.1) is 18.3 Å². The van der Waals surface area contributed by atoms with Crippen molar-refractivity contribution in [3.8, 4) is 0 Å². The lowest BCUT2D eigenvalue weighted by Gasteiger charge is -2.24. The van der Waals surface area contributed by atoms with Gasteiger partial charge in [0.25, 0.3) is 0 Å². The summed E-state index contributed by atoms with van der Waals surface area (Å²) in [5.74, 6) is -2.24. The standard InChI is InChI=1S/C14H15F3O4/c1-13(20-8-11(21-13)5-6-12(18)19)9-3-2-4-10(7-9)14(15,16)17/h2-4,7,11H,5-6,8H2,1H3,(H,18,19). The van der Waals surface area contributed by atoms with Crippen LogP contribution in [0.3, 0.4) is 0 Å². The molecule has 1 aromatic rings. The Labute approximate surface area is 119 Å². The number of ether oxygens (including phenoxy) is 2. The van der Waals surface area contributed by atoms with E-state index in [2.05, 4.69) is 0 Å². The third-order valence-corrected chi connectivity index (χ3v) is 3.33. The van der Waals surface area contributed by atoms with E-state index in [0.717, 1.165) is 12.1 Å². The van der Waals surface area contributed by atoms with Crippen molar-refractivity contribution in [3.05, 3.63) is 35.4 Å². The van der Waals surface area contributed by atoms with E-state index in [1.165, 1.54) is 19.1 Å². The fourth-order valence-corrected chi connectivity index (χ4v) is 2.19. The van der Waals surface area contributed by atoms with Crippen molar-refractivity contribution in [3.63, 3.8) is 0 Å². The lowest BCUT2D eigenvalue weighted by atomic mass is 10.0. The number of carbonyl (C=O) groups is 1. The van der Waals surface area contributed by atoms with Crippen molar-refractivity contribution in [1.29, 1.82) is 0 Å². The minimum absolute atomic E-state index is 0.0767. The number of aliphatic carboxylic acids is 1. The molecule has 1 aliphatic heterocycles. The van der Waals surface area contributed by atoms with Gasteiger partial charge in [-0.3, -0.25) is 4.79 Å². The third-order valence-electron chi connectivity index (χ3n) is 3.33. The van der Waals surface area contributed by atoms with Gasteiger partial charge in [-0.25, -0.2) is 0 Å². The number of carboxylic acids is 1. The lowest BCUT2D eigenvalue weighted by Crippen LogP contribution is -2.24. The second-order valence-corrected chi connectivity index (χ2v) is 5.01. The molecule has 1 heterocycles. The van der Waals surface area contributed by atoms with Crippen molar-refractivity contribution in [2.75, 3.05) is 6.61 Å². The van der Waals surface area contributed by atoms with Crippen molar-refractivity contribution in [1.82, 2.24) is 0 Å². The van der Waals surface area contributed by atoms with E-state index in [4.69, 9.17) is 14.6 Å². The first-order valence-electron chi connectivity index (χ1n) is 6.42. The van der Waals surface area contributed by atoms with Crippen LogP contribution in [0.2, 0.25) is 0 Å². The first-order chi connectivity index (χ1) is 9.71. The van der Waals surface area contributed by atoms with E-state index in [0.29, 0.717) is 0 Å². The number of halogens is 3. The fourth-order valence-electron chi connectivity index (χ4n) is 2.19. The molecule has 0 radical (unpaired) electrons. The SMILES string of the molecule is CC1(c2cccc(C(F)(F)F)c2)OCC(CCC(=O)O)O1. The van der Waals surface area contributed by atoms with Gasteiger partial charge in [-0.15, -0.1) is 0 Å². The number of benzene rings is 1. The Kier molecular flexibility index (Phi) is 4.25. The molecule has 0 aromatic heterocycles. The van der Waals surface area contributed by atoms with Crippen LogP contribution in [-0.2, 0) is 26.2 Å². The van der Waals surface area contributed by atoms with E-state index in [-0.39, 0.29) is 25.0 Å². The molecule has 21 heavy (non-hydrogen) atoms. The van der Waals surface area contributed by atoms with Gasteiger partial charge in [0.15, 0.2) is 5.79 Å². The summed E-state index contributed by atoms with van der Waals surface area (Å²) in [4.78, 5) is 10.5. The highest BCUT2D eigenvalue weighted by Gasteiger charge is 2.40. The number of carboxylic acid groups (broad SMARTS) is 1. The Hall–Kier alpha value is -1.60. The molecule has 1 saturated heterocycles. The van der Waals surface area contributed by atoms with Crippen LogP contribution in [0.5, 0.6) is 0 Å². The van der Waals surface area contributed by atoms with Crippen LogP contribution < -0.4 is 0 Å². The molecule has 1 aromatic carbocycles. The van der Waals surface area contributed by atoms with E-state index in [1.807, 2.05) is 0 Å². The average molecular weight is 304 g/mol. The summed E-state index contributed by atoms with van der Waals surface area (Å²) in [5.41, 5.74) is -0.516. The molecule has 0 amide bonds. The largest absolute Gasteiger partial charge is 0.481 e. The summed E-state index contributed by atoms with van der Waals surface area (Å²) in [6, 6.07) is 4.75. The van der Waals surface area contributed by atoms with E-state index < -0.39 is 29.6 Å². The first-order valence-corrected chi connectivity index (χ1v) is 6.42. The molecule has 1 aliphatic rings. The maximum Gasteiger partial charge on any atom is 0.416 e. The molecule has 4 nitrogen and oxygen atoms in total. The van der Waals surface area contributed by atoms with Crippen LogP contribution in [0.1, 0.15) is 30.9 Å². The molecule has 2 atom stereocenters. The van der Waals surface area contributed by atoms with Gasteiger partial charge >= 0.3 is 12.1 Å².